The minimum atomic E-state index is -0.262. The summed E-state index contributed by atoms with van der Waals surface area (Å²) in [5.41, 5.74) is 2.30. The molecule has 0 unspecified atom stereocenters. The summed E-state index contributed by atoms with van der Waals surface area (Å²) in [6.45, 7) is 1.87. The van der Waals surface area contributed by atoms with Crippen molar-refractivity contribution in [3.63, 3.8) is 0 Å². The number of benzene rings is 2. The molecule has 0 aliphatic heterocycles. The van der Waals surface area contributed by atoms with Gasteiger partial charge in [0.2, 0.25) is 0 Å². The summed E-state index contributed by atoms with van der Waals surface area (Å²) in [6, 6.07) is 14.5. The summed E-state index contributed by atoms with van der Waals surface area (Å²) in [5.74, 6) is 0.149. The zero-order chi connectivity index (χ0) is 15.2. The summed E-state index contributed by atoms with van der Waals surface area (Å²) in [6.07, 6.45) is 0. The Labute approximate surface area is 136 Å². The molecule has 4 nitrogen and oxygen atoms in total. The van der Waals surface area contributed by atoms with E-state index in [9.17, 15) is 4.79 Å². The summed E-state index contributed by atoms with van der Waals surface area (Å²) < 4.78 is 6.46. The van der Waals surface area contributed by atoms with E-state index in [0.717, 1.165) is 14.8 Å². The van der Waals surface area contributed by atoms with E-state index in [1.165, 1.54) is 0 Å². The normalized spacial score (nSPS) is 9.76. The lowest BCUT2D eigenvalue weighted by Gasteiger charge is -2.09. The molecule has 21 heavy (non-hydrogen) atoms. The van der Waals surface area contributed by atoms with Crippen LogP contribution in [0.15, 0.2) is 42.5 Å². The number of carbonyl (C=O) groups is 1. The van der Waals surface area contributed by atoms with Gasteiger partial charge in [0.1, 0.15) is 11.8 Å². The van der Waals surface area contributed by atoms with Crippen LogP contribution in [0.3, 0.4) is 0 Å². The van der Waals surface area contributed by atoms with E-state index in [1.807, 2.05) is 31.2 Å². The number of ether oxygens (including phenoxy) is 1. The Kier molecular flexibility index (Phi) is 5.17. The van der Waals surface area contributed by atoms with Gasteiger partial charge in [-0.2, -0.15) is 5.26 Å². The van der Waals surface area contributed by atoms with E-state index in [0.29, 0.717) is 11.3 Å². The van der Waals surface area contributed by atoms with E-state index in [4.69, 9.17) is 10.00 Å². The second-order valence-electron chi connectivity index (χ2n) is 4.41. The zero-order valence-corrected chi connectivity index (χ0v) is 13.5. The molecule has 2 rings (SSSR count). The number of halogens is 1. The number of nitriles is 1. The van der Waals surface area contributed by atoms with Gasteiger partial charge in [-0.15, -0.1) is 0 Å². The third kappa shape index (κ3) is 4.20. The molecule has 0 spiro atoms. The molecule has 0 atom stereocenters. The molecule has 5 heteroatoms. The topological polar surface area (TPSA) is 62.1 Å². The van der Waals surface area contributed by atoms with E-state index in [2.05, 4.69) is 27.9 Å². The number of rotatable bonds is 4. The Morgan fingerprint density at radius 1 is 1.33 bits per heavy atom. The Balaban J connectivity index is 1.96. The van der Waals surface area contributed by atoms with Crippen molar-refractivity contribution in [3.8, 4) is 11.8 Å². The highest BCUT2D eigenvalue weighted by atomic mass is 127. The molecule has 2 aromatic carbocycles. The number of nitrogens with zero attached hydrogens (tertiary/aromatic N) is 1. The smallest absolute Gasteiger partial charge is 0.262 e. The number of anilines is 1. The van der Waals surface area contributed by atoms with Crippen molar-refractivity contribution >= 4 is 34.2 Å². The van der Waals surface area contributed by atoms with Crippen LogP contribution in [0.25, 0.3) is 0 Å². The van der Waals surface area contributed by atoms with Crippen molar-refractivity contribution in [2.45, 2.75) is 6.92 Å². The molecular formula is C16H13IN2O2. The van der Waals surface area contributed by atoms with Crippen LogP contribution < -0.4 is 10.1 Å². The standard InChI is InChI=1S/C16H13IN2O2/c1-11-6-7-13(8-14(11)17)19-16(20)10-21-15-5-3-2-4-12(15)9-18/h2-8H,10H2,1H3,(H,19,20). The Morgan fingerprint density at radius 3 is 2.81 bits per heavy atom. The highest BCUT2D eigenvalue weighted by Crippen LogP contribution is 2.18. The fourth-order valence-corrected chi connectivity index (χ4v) is 2.21. The SMILES string of the molecule is Cc1ccc(NC(=O)COc2ccccc2C#N)cc1I. The first-order valence-electron chi connectivity index (χ1n) is 6.28. The lowest BCUT2D eigenvalue weighted by atomic mass is 10.2. The third-order valence-corrected chi connectivity index (χ3v) is 3.98. The van der Waals surface area contributed by atoms with E-state index in [1.54, 1.807) is 24.3 Å². The molecule has 0 heterocycles. The molecular weight excluding hydrogens is 379 g/mol. The minimum Gasteiger partial charge on any atom is -0.482 e. The molecule has 1 N–H and O–H groups in total. The molecule has 0 saturated heterocycles. The molecule has 0 aliphatic carbocycles. The monoisotopic (exact) mass is 392 g/mol. The highest BCUT2D eigenvalue weighted by molar-refractivity contribution is 14.1. The van der Waals surface area contributed by atoms with Gasteiger partial charge in [-0.05, 0) is 59.3 Å². The highest BCUT2D eigenvalue weighted by Gasteiger charge is 2.07. The molecule has 0 aromatic heterocycles. The summed E-state index contributed by atoms with van der Waals surface area (Å²) in [7, 11) is 0. The number of para-hydroxylation sites is 1. The van der Waals surface area contributed by atoms with Gasteiger partial charge >= 0.3 is 0 Å². The van der Waals surface area contributed by atoms with Gasteiger partial charge in [0.25, 0.3) is 5.91 Å². The van der Waals surface area contributed by atoms with Crippen molar-refractivity contribution in [1.29, 1.82) is 5.26 Å². The number of hydrogen-bond acceptors (Lipinski definition) is 3. The van der Waals surface area contributed by atoms with Crippen LogP contribution in [-0.4, -0.2) is 12.5 Å². The van der Waals surface area contributed by atoms with E-state index >= 15 is 0 Å². The molecule has 0 radical (unpaired) electrons. The molecule has 0 bridgehead atoms. The fourth-order valence-electron chi connectivity index (χ4n) is 1.70. The van der Waals surface area contributed by atoms with Crippen LogP contribution in [0.2, 0.25) is 0 Å². The average molecular weight is 392 g/mol. The quantitative estimate of drug-likeness (QED) is 0.811. The van der Waals surface area contributed by atoms with Crippen LogP contribution >= 0.6 is 22.6 Å². The molecule has 0 fully saturated rings. The molecule has 1 amide bonds. The first kappa shape index (κ1) is 15.3. The number of aryl methyl sites for hydroxylation is 1. The van der Waals surface area contributed by atoms with Gasteiger partial charge in [0, 0.05) is 9.26 Å². The van der Waals surface area contributed by atoms with Gasteiger partial charge in [0.05, 0.1) is 5.56 Å². The molecule has 0 saturated carbocycles. The maximum absolute atomic E-state index is 11.9. The van der Waals surface area contributed by atoms with Gasteiger partial charge in [-0.1, -0.05) is 18.2 Å². The summed E-state index contributed by atoms with van der Waals surface area (Å²) in [5, 5.41) is 11.7. The van der Waals surface area contributed by atoms with Crippen LogP contribution in [0.4, 0.5) is 5.69 Å². The average Bonchev–Trinajstić information content (AvgIpc) is 2.49. The first-order chi connectivity index (χ1) is 10.1. The van der Waals surface area contributed by atoms with Crippen molar-refractivity contribution in [3.05, 3.63) is 57.2 Å². The summed E-state index contributed by atoms with van der Waals surface area (Å²) >= 11 is 2.22. The number of carbonyl (C=O) groups excluding carboxylic acids is 1. The van der Waals surface area contributed by atoms with Gasteiger partial charge < -0.3 is 10.1 Å². The Morgan fingerprint density at radius 2 is 2.10 bits per heavy atom. The molecule has 106 valence electrons. The lowest BCUT2D eigenvalue weighted by Crippen LogP contribution is -2.20. The maximum Gasteiger partial charge on any atom is 0.262 e. The van der Waals surface area contributed by atoms with Crippen LogP contribution in [0, 0.1) is 21.8 Å². The Bertz CT molecular complexity index is 708. The predicted octanol–water partition coefficient (Wildman–Crippen LogP) is 3.49. The van der Waals surface area contributed by atoms with Gasteiger partial charge in [0.15, 0.2) is 6.61 Å². The predicted molar refractivity (Wildman–Crippen MR) is 89.2 cm³/mol. The number of hydrogen-bond donors (Lipinski definition) is 1. The zero-order valence-electron chi connectivity index (χ0n) is 11.4. The largest absolute Gasteiger partial charge is 0.482 e. The van der Waals surface area contributed by atoms with Gasteiger partial charge in [-0.25, -0.2) is 0 Å². The first-order valence-corrected chi connectivity index (χ1v) is 7.36. The van der Waals surface area contributed by atoms with Crippen LogP contribution in [-0.2, 0) is 4.79 Å². The number of nitrogens with one attached hydrogen (secondary N) is 1. The van der Waals surface area contributed by atoms with Crippen molar-refractivity contribution in [2.24, 2.45) is 0 Å². The minimum absolute atomic E-state index is 0.136. The van der Waals surface area contributed by atoms with Crippen molar-refractivity contribution in [1.82, 2.24) is 0 Å². The fraction of sp³-hybridized carbons (Fsp3) is 0.125. The lowest BCUT2D eigenvalue weighted by molar-refractivity contribution is -0.118. The second-order valence-corrected chi connectivity index (χ2v) is 5.57. The van der Waals surface area contributed by atoms with Crippen LogP contribution in [0.5, 0.6) is 5.75 Å². The second kappa shape index (κ2) is 7.09. The summed E-state index contributed by atoms with van der Waals surface area (Å²) in [4.78, 5) is 11.9. The Hall–Kier alpha value is -2.07. The van der Waals surface area contributed by atoms with E-state index < -0.39 is 0 Å². The molecule has 2 aromatic rings. The number of amides is 1. The van der Waals surface area contributed by atoms with Gasteiger partial charge in [-0.3, -0.25) is 4.79 Å². The van der Waals surface area contributed by atoms with E-state index in [-0.39, 0.29) is 12.5 Å². The third-order valence-electron chi connectivity index (χ3n) is 2.82. The van der Waals surface area contributed by atoms with Crippen molar-refractivity contribution < 1.29 is 9.53 Å². The molecule has 0 aliphatic rings. The van der Waals surface area contributed by atoms with Crippen molar-refractivity contribution in [2.75, 3.05) is 11.9 Å². The van der Waals surface area contributed by atoms with Crippen LogP contribution in [0.1, 0.15) is 11.1 Å². The maximum atomic E-state index is 11.9.